The Morgan fingerprint density at radius 2 is 0.824 bits per heavy atom. The minimum Gasteiger partial charge on any atom is -0.507 e. The van der Waals surface area contributed by atoms with E-state index < -0.39 is 11.9 Å². The number of carboxylic acid groups (broad SMARTS) is 2. The van der Waals surface area contributed by atoms with E-state index in [2.05, 4.69) is 0 Å². The van der Waals surface area contributed by atoms with Crippen molar-refractivity contribution in [3.63, 3.8) is 0 Å². The monoisotopic (exact) mass is 450 g/mol. The molecule has 0 saturated carbocycles. The highest BCUT2D eigenvalue weighted by Gasteiger charge is 2.19. The van der Waals surface area contributed by atoms with Gasteiger partial charge in [-0.1, -0.05) is 60.7 Å². The smallest absolute Gasteiger partial charge is 0.339 e. The topological polar surface area (TPSA) is 115 Å². The molecule has 0 radical (unpaired) electrons. The third kappa shape index (κ3) is 3.29. The van der Waals surface area contributed by atoms with Gasteiger partial charge >= 0.3 is 11.9 Å². The number of hydrogen-bond acceptors (Lipinski definition) is 4. The Balaban J connectivity index is 1.88. The lowest BCUT2D eigenvalue weighted by Gasteiger charge is -2.18. The molecule has 0 fully saturated rings. The molecule has 0 amide bonds. The molecule has 166 valence electrons. The molecule has 6 heteroatoms. The Morgan fingerprint density at radius 1 is 0.500 bits per heavy atom. The van der Waals surface area contributed by atoms with Crippen LogP contribution in [-0.2, 0) is 0 Å². The number of aromatic carboxylic acids is 2. The first-order valence-corrected chi connectivity index (χ1v) is 10.4. The van der Waals surface area contributed by atoms with Gasteiger partial charge < -0.3 is 20.4 Å². The van der Waals surface area contributed by atoms with Crippen LogP contribution in [0.1, 0.15) is 20.7 Å². The summed E-state index contributed by atoms with van der Waals surface area (Å²) in [6, 6.07) is 24.3. The third-order valence-corrected chi connectivity index (χ3v) is 5.97. The van der Waals surface area contributed by atoms with Crippen LogP contribution in [0.2, 0.25) is 0 Å². The molecule has 0 spiro atoms. The van der Waals surface area contributed by atoms with E-state index in [0.29, 0.717) is 11.1 Å². The highest BCUT2D eigenvalue weighted by molar-refractivity contribution is 6.21. The van der Waals surface area contributed by atoms with Crippen LogP contribution in [0.5, 0.6) is 11.5 Å². The molecule has 0 unspecified atom stereocenters. The number of carboxylic acids is 2. The summed E-state index contributed by atoms with van der Waals surface area (Å²) in [5.41, 5.74) is 2.61. The number of carbonyl (C=O) groups is 2. The molecular formula is C28H18O6. The average Bonchev–Trinajstić information content (AvgIpc) is 2.81. The van der Waals surface area contributed by atoms with Crippen molar-refractivity contribution in [2.75, 3.05) is 0 Å². The molecular weight excluding hydrogens is 432 g/mol. The average molecular weight is 450 g/mol. The lowest BCUT2D eigenvalue weighted by molar-refractivity contribution is 0.0682. The first-order chi connectivity index (χ1) is 16.4. The summed E-state index contributed by atoms with van der Waals surface area (Å²) in [5.74, 6) is -3.06. The van der Waals surface area contributed by atoms with Gasteiger partial charge in [0.2, 0.25) is 0 Å². The summed E-state index contributed by atoms with van der Waals surface area (Å²) in [5, 5.41) is 42.7. The van der Waals surface area contributed by atoms with Crippen molar-refractivity contribution < 1.29 is 30.0 Å². The van der Waals surface area contributed by atoms with Crippen molar-refractivity contribution in [2.45, 2.75) is 0 Å². The molecule has 6 nitrogen and oxygen atoms in total. The van der Waals surface area contributed by atoms with Crippen molar-refractivity contribution in [1.82, 2.24) is 0 Å². The Hall–Kier alpha value is -4.84. The van der Waals surface area contributed by atoms with Gasteiger partial charge in [-0.2, -0.15) is 0 Å². The van der Waals surface area contributed by atoms with Crippen molar-refractivity contribution in [1.29, 1.82) is 0 Å². The van der Waals surface area contributed by atoms with Gasteiger partial charge in [-0.05, 0) is 68.1 Å². The normalized spacial score (nSPS) is 11.1. The van der Waals surface area contributed by atoms with Crippen LogP contribution in [0.25, 0.3) is 43.8 Å². The Kier molecular flexibility index (Phi) is 4.91. The van der Waals surface area contributed by atoms with E-state index in [1.54, 1.807) is 12.1 Å². The molecule has 5 aromatic carbocycles. The van der Waals surface area contributed by atoms with Gasteiger partial charge in [0, 0.05) is 0 Å². The second-order valence-electron chi connectivity index (χ2n) is 7.92. The summed E-state index contributed by atoms with van der Waals surface area (Å²) in [6.45, 7) is 0. The molecule has 0 bridgehead atoms. The maximum Gasteiger partial charge on any atom is 0.339 e. The van der Waals surface area contributed by atoms with Gasteiger partial charge in [-0.3, -0.25) is 0 Å². The summed E-state index contributed by atoms with van der Waals surface area (Å²) in [7, 11) is 0. The molecule has 0 aliphatic heterocycles. The number of rotatable bonds is 4. The van der Waals surface area contributed by atoms with Gasteiger partial charge in [0.15, 0.2) is 0 Å². The largest absolute Gasteiger partial charge is 0.507 e. The molecule has 0 aliphatic carbocycles. The highest BCUT2D eigenvalue weighted by atomic mass is 16.4. The Labute approximate surface area is 193 Å². The molecule has 5 rings (SSSR count). The molecule has 0 aliphatic rings. The summed E-state index contributed by atoms with van der Waals surface area (Å²) >= 11 is 0. The zero-order chi connectivity index (χ0) is 24.0. The predicted octanol–water partition coefficient (Wildman–Crippen LogP) is 6.13. The number of hydrogen-bond donors (Lipinski definition) is 4. The fourth-order valence-corrected chi connectivity index (χ4v) is 4.49. The van der Waals surface area contributed by atoms with Gasteiger partial charge in [0.05, 0.1) is 0 Å². The van der Waals surface area contributed by atoms with E-state index in [1.165, 1.54) is 24.3 Å². The molecule has 0 atom stereocenters. The van der Waals surface area contributed by atoms with E-state index in [0.717, 1.165) is 32.7 Å². The minimum absolute atomic E-state index is 0.178. The van der Waals surface area contributed by atoms with Gasteiger partial charge in [0.1, 0.15) is 22.6 Å². The first kappa shape index (κ1) is 21.0. The third-order valence-electron chi connectivity index (χ3n) is 5.97. The van der Waals surface area contributed by atoms with Gasteiger partial charge in [-0.25, -0.2) is 9.59 Å². The van der Waals surface area contributed by atoms with Crippen molar-refractivity contribution in [2.24, 2.45) is 0 Å². The Morgan fingerprint density at radius 3 is 1.09 bits per heavy atom. The lowest BCUT2D eigenvalue weighted by Crippen LogP contribution is -1.98. The van der Waals surface area contributed by atoms with E-state index in [9.17, 15) is 30.0 Å². The second kappa shape index (κ2) is 7.94. The van der Waals surface area contributed by atoms with Crippen LogP contribution < -0.4 is 0 Å². The van der Waals surface area contributed by atoms with E-state index in [-0.39, 0.29) is 22.6 Å². The fraction of sp³-hybridized carbons (Fsp3) is 0. The van der Waals surface area contributed by atoms with Gasteiger partial charge in [-0.15, -0.1) is 0 Å². The highest BCUT2D eigenvalue weighted by Crippen LogP contribution is 2.44. The SMILES string of the molecule is O=C(O)c1ccc(-c2c3ccccc3c(-c3ccc(C(=O)O)c(O)c3)c3ccccc23)cc1O. The summed E-state index contributed by atoms with van der Waals surface area (Å²) < 4.78 is 0. The maximum atomic E-state index is 11.4. The quantitative estimate of drug-likeness (QED) is 0.245. The standard InChI is InChI=1S/C28H18O6/c29-23-13-15(9-11-21(23)27(31)32)25-17-5-1-2-6-18(17)26(20-8-4-3-7-19(20)25)16-10-12-22(28(33)34)24(30)14-16/h1-14,29-30H,(H,31,32)(H,33,34). The molecule has 0 heterocycles. The summed E-state index contributed by atoms with van der Waals surface area (Å²) in [6.07, 6.45) is 0. The van der Waals surface area contributed by atoms with Crippen LogP contribution in [0, 0.1) is 0 Å². The van der Waals surface area contributed by atoms with Crippen LogP contribution in [0.4, 0.5) is 0 Å². The van der Waals surface area contributed by atoms with E-state index >= 15 is 0 Å². The number of fused-ring (bicyclic) bond motifs is 2. The lowest BCUT2D eigenvalue weighted by atomic mass is 9.85. The first-order valence-electron chi connectivity index (χ1n) is 10.4. The fourth-order valence-electron chi connectivity index (χ4n) is 4.49. The van der Waals surface area contributed by atoms with Crippen LogP contribution in [0.3, 0.4) is 0 Å². The molecule has 34 heavy (non-hydrogen) atoms. The molecule has 0 saturated heterocycles. The van der Waals surface area contributed by atoms with E-state index in [1.807, 2.05) is 48.5 Å². The molecule has 0 aromatic heterocycles. The van der Waals surface area contributed by atoms with E-state index in [4.69, 9.17) is 0 Å². The number of phenols is 2. The van der Waals surface area contributed by atoms with Crippen molar-refractivity contribution in [3.05, 3.63) is 96.1 Å². The Bertz CT molecular complexity index is 1460. The molecule has 5 aromatic rings. The van der Waals surface area contributed by atoms with Crippen LogP contribution in [-0.4, -0.2) is 32.4 Å². The second-order valence-corrected chi connectivity index (χ2v) is 7.92. The van der Waals surface area contributed by atoms with Crippen molar-refractivity contribution >= 4 is 33.5 Å². The molecule has 4 N–H and O–H groups in total. The zero-order valence-electron chi connectivity index (χ0n) is 17.7. The predicted molar refractivity (Wildman–Crippen MR) is 130 cm³/mol. The van der Waals surface area contributed by atoms with Gasteiger partial charge in [0.25, 0.3) is 0 Å². The van der Waals surface area contributed by atoms with Crippen LogP contribution in [0.15, 0.2) is 84.9 Å². The number of benzene rings is 5. The van der Waals surface area contributed by atoms with Crippen molar-refractivity contribution in [3.8, 4) is 33.8 Å². The number of aromatic hydroxyl groups is 2. The summed E-state index contributed by atoms with van der Waals surface area (Å²) in [4.78, 5) is 22.7. The van der Waals surface area contributed by atoms with Crippen LogP contribution >= 0.6 is 0 Å². The maximum absolute atomic E-state index is 11.4. The zero-order valence-corrected chi connectivity index (χ0v) is 17.7. The minimum atomic E-state index is -1.21.